The quantitative estimate of drug-likeness (QED) is 0.885. The number of aliphatic hydroxyl groups is 1. The molecule has 20 heavy (non-hydrogen) atoms. The van der Waals surface area contributed by atoms with Crippen molar-refractivity contribution in [3.63, 3.8) is 0 Å². The molecule has 0 unspecified atom stereocenters. The lowest BCUT2D eigenvalue weighted by Gasteiger charge is -2.22. The fourth-order valence-electron chi connectivity index (χ4n) is 1.72. The van der Waals surface area contributed by atoms with Crippen LogP contribution in [0.15, 0.2) is 34.7 Å². The van der Waals surface area contributed by atoms with Gasteiger partial charge in [0.25, 0.3) is 0 Å². The molecule has 0 radical (unpaired) electrons. The zero-order valence-corrected chi connectivity index (χ0v) is 11.4. The fraction of sp³-hybridized carbons (Fsp3) is 0.333. The van der Waals surface area contributed by atoms with Crippen molar-refractivity contribution in [2.45, 2.75) is 25.9 Å². The van der Waals surface area contributed by atoms with Crippen molar-refractivity contribution < 1.29 is 18.3 Å². The Balaban J connectivity index is 2.17. The average Bonchev–Trinajstić information content (AvgIpc) is 2.85. The van der Waals surface area contributed by atoms with Crippen LogP contribution in [-0.2, 0) is 6.54 Å². The highest BCUT2D eigenvalue weighted by Gasteiger charge is 2.18. The van der Waals surface area contributed by atoms with Crippen molar-refractivity contribution in [3.8, 4) is 11.3 Å². The second kappa shape index (κ2) is 5.73. The highest BCUT2D eigenvalue weighted by Crippen LogP contribution is 2.27. The van der Waals surface area contributed by atoms with E-state index in [0.29, 0.717) is 12.3 Å². The maximum Gasteiger partial charge on any atom is 0.140 e. The average molecular weight is 281 g/mol. The van der Waals surface area contributed by atoms with Crippen LogP contribution in [0.1, 0.15) is 19.6 Å². The Morgan fingerprint density at radius 1 is 1.15 bits per heavy atom. The Morgan fingerprint density at radius 3 is 2.40 bits per heavy atom. The number of hydrogen-bond donors (Lipinski definition) is 2. The van der Waals surface area contributed by atoms with Crippen LogP contribution in [0.5, 0.6) is 0 Å². The molecule has 0 aliphatic rings. The van der Waals surface area contributed by atoms with E-state index in [2.05, 4.69) is 5.32 Å². The zero-order chi connectivity index (χ0) is 14.8. The predicted molar refractivity (Wildman–Crippen MR) is 72.1 cm³/mol. The summed E-state index contributed by atoms with van der Waals surface area (Å²) in [5.74, 6) is -0.618. The molecule has 0 saturated carbocycles. The van der Waals surface area contributed by atoms with Gasteiger partial charge in [0.15, 0.2) is 0 Å². The highest BCUT2D eigenvalue weighted by atomic mass is 19.1. The Labute approximate surface area is 116 Å². The molecule has 5 heteroatoms. The van der Waals surface area contributed by atoms with Crippen LogP contribution in [-0.4, -0.2) is 17.3 Å². The molecule has 1 aromatic heterocycles. The number of halogens is 2. The minimum Gasteiger partial charge on any atom is -0.460 e. The standard InChI is InChI=1S/C15H17F2NO2/c1-15(2,9-19)18-8-10-6-7-13(20-10)14-11(16)4-3-5-12(14)17/h3-7,18-19H,8-9H2,1-2H3. The third-order valence-electron chi connectivity index (χ3n) is 3.01. The molecule has 0 aliphatic heterocycles. The summed E-state index contributed by atoms with van der Waals surface area (Å²) in [5, 5.41) is 12.2. The molecule has 0 fully saturated rings. The topological polar surface area (TPSA) is 45.4 Å². The summed E-state index contributed by atoms with van der Waals surface area (Å²) in [4.78, 5) is 0. The molecule has 1 heterocycles. The lowest BCUT2D eigenvalue weighted by molar-refractivity contribution is 0.184. The van der Waals surface area contributed by atoms with Crippen LogP contribution in [0.2, 0.25) is 0 Å². The SMILES string of the molecule is CC(C)(CO)NCc1ccc(-c2c(F)cccc2F)o1. The van der Waals surface area contributed by atoms with E-state index < -0.39 is 17.2 Å². The first-order chi connectivity index (χ1) is 9.43. The molecule has 2 aromatic rings. The molecular formula is C15H17F2NO2. The molecular weight excluding hydrogens is 264 g/mol. The number of hydrogen-bond acceptors (Lipinski definition) is 3. The van der Waals surface area contributed by atoms with Gasteiger partial charge in [-0.3, -0.25) is 0 Å². The molecule has 3 nitrogen and oxygen atoms in total. The van der Waals surface area contributed by atoms with Gasteiger partial charge in [-0.05, 0) is 38.1 Å². The van der Waals surface area contributed by atoms with Gasteiger partial charge in [-0.1, -0.05) is 6.07 Å². The second-order valence-corrected chi connectivity index (χ2v) is 5.26. The van der Waals surface area contributed by atoms with Gasteiger partial charge < -0.3 is 14.8 Å². The first-order valence-electron chi connectivity index (χ1n) is 6.32. The van der Waals surface area contributed by atoms with E-state index in [-0.39, 0.29) is 17.9 Å². The Bertz CT molecular complexity index is 573. The maximum atomic E-state index is 13.6. The normalized spacial score (nSPS) is 11.8. The molecule has 108 valence electrons. The Morgan fingerprint density at radius 2 is 1.80 bits per heavy atom. The Hall–Kier alpha value is -1.72. The van der Waals surface area contributed by atoms with Gasteiger partial charge in [-0.2, -0.15) is 0 Å². The number of nitrogens with one attached hydrogen (secondary N) is 1. The van der Waals surface area contributed by atoms with Crippen molar-refractivity contribution in [3.05, 3.63) is 47.7 Å². The number of benzene rings is 1. The minimum atomic E-state index is -0.658. The summed E-state index contributed by atoms with van der Waals surface area (Å²) in [6.07, 6.45) is 0. The Kier molecular flexibility index (Phi) is 4.20. The van der Waals surface area contributed by atoms with Gasteiger partial charge in [0.05, 0.1) is 18.7 Å². The summed E-state index contributed by atoms with van der Waals surface area (Å²) < 4.78 is 32.7. The van der Waals surface area contributed by atoms with Gasteiger partial charge in [-0.25, -0.2) is 8.78 Å². The lowest BCUT2D eigenvalue weighted by atomic mass is 10.1. The molecule has 0 saturated heterocycles. The molecule has 0 atom stereocenters. The van der Waals surface area contributed by atoms with E-state index in [1.807, 2.05) is 13.8 Å². The van der Waals surface area contributed by atoms with Crippen molar-refractivity contribution in [1.82, 2.24) is 5.32 Å². The number of rotatable bonds is 5. The third-order valence-corrected chi connectivity index (χ3v) is 3.01. The van der Waals surface area contributed by atoms with Gasteiger partial charge in [0, 0.05) is 5.54 Å². The zero-order valence-electron chi connectivity index (χ0n) is 11.4. The van der Waals surface area contributed by atoms with Crippen LogP contribution < -0.4 is 5.32 Å². The lowest BCUT2D eigenvalue weighted by Crippen LogP contribution is -2.41. The smallest absolute Gasteiger partial charge is 0.140 e. The molecule has 2 N–H and O–H groups in total. The van der Waals surface area contributed by atoms with Crippen molar-refractivity contribution in [2.24, 2.45) is 0 Å². The molecule has 1 aromatic carbocycles. The van der Waals surface area contributed by atoms with E-state index in [9.17, 15) is 8.78 Å². The van der Waals surface area contributed by atoms with E-state index in [4.69, 9.17) is 9.52 Å². The largest absolute Gasteiger partial charge is 0.460 e. The molecule has 0 amide bonds. The predicted octanol–water partition coefficient (Wildman–Crippen LogP) is 3.09. The molecule has 2 rings (SSSR count). The van der Waals surface area contributed by atoms with Crippen LogP contribution in [0.25, 0.3) is 11.3 Å². The maximum absolute atomic E-state index is 13.6. The first kappa shape index (κ1) is 14.7. The van der Waals surface area contributed by atoms with Gasteiger partial charge in [0.2, 0.25) is 0 Å². The summed E-state index contributed by atoms with van der Waals surface area (Å²) in [7, 11) is 0. The van der Waals surface area contributed by atoms with Crippen LogP contribution >= 0.6 is 0 Å². The summed E-state index contributed by atoms with van der Waals surface area (Å²) >= 11 is 0. The number of aliphatic hydroxyl groups excluding tert-OH is 1. The van der Waals surface area contributed by atoms with E-state index in [0.717, 1.165) is 0 Å². The molecule has 0 spiro atoms. The van der Waals surface area contributed by atoms with Gasteiger partial charge in [-0.15, -0.1) is 0 Å². The van der Waals surface area contributed by atoms with Crippen molar-refractivity contribution in [2.75, 3.05) is 6.61 Å². The monoisotopic (exact) mass is 281 g/mol. The summed E-state index contributed by atoms with van der Waals surface area (Å²) in [6.45, 7) is 4.02. The van der Waals surface area contributed by atoms with E-state index in [1.165, 1.54) is 24.3 Å². The molecule has 0 aliphatic carbocycles. The third kappa shape index (κ3) is 3.23. The van der Waals surface area contributed by atoms with Crippen LogP contribution in [0.4, 0.5) is 8.78 Å². The van der Waals surface area contributed by atoms with Crippen LogP contribution in [0, 0.1) is 11.6 Å². The molecule has 0 bridgehead atoms. The second-order valence-electron chi connectivity index (χ2n) is 5.26. The fourth-order valence-corrected chi connectivity index (χ4v) is 1.72. The first-order valence-corrected chi connectivity index (χ1v) is 6.32. The van der Waals surface area contributed by atoms with Crippen molar-refractivity contribution >= 4 is 0 Å². The van der Waals surface area contributed by atoms with Gasteiger partial charge in [0.1, 0.15) is 23.2 Å². The highest BCUT2D eigenvalue weighted by molar-refractivity contribution is 5.59. The van der Waals surface area contributed by atoms with Crippen molar-refractivity contribution in [1.29, 1.82) is 0 Å². The van der Waals surface area contributed by atoms with E-state index >= 15 is 0 Å². The van der Waals surface area contributed by atoms with Crippen LogP contribution in [0.3, 0.4) is 0 Å². The number of furan rings is 1. The van der Waals surface area contributed by atoms with Gasteiger partial charge >= 0.3 is 0 Å². The summed E-state index contributed by atoms with van der Waals surface area (Å²) in [5.41, 5.74) is -0.615. The summed E-state index contributed by atoms with van der Waals surface area (Å²) in [6, 6.07) is 6.87. The minimum absolute atomic E-state index is 0.0253. The van der Waals surface area contributed by atoms with E-state index in [1.54, 1.807) is 6.07 Å².